The maximum Gasteiger partial charge on any atom is 0.244 e. The number of rotatable bonds is 9. The Morgan fingerprint density at radius 1 is 1.09 bits per heavy atom. The number of carbonyl (C=O) groups is 1. The van der Waals surface area contributed by atoms with Gasteiger partial charge in [-0.25, -0.2) is 5.43 Å². The van der Waals surface area contributed by atoms with Gasteiger partial charge in [0.1, 0.15) is 6.61 Å². The van der Waals surface area contributed by atoms with Crippen molar-refractivity contribution in [3.05, 3.63) is 91.9 Å². The fraction of sp³-hybridized carbons (Fsp3) is 0.167. The van der Waals surface area contributed by atoms with Crippen LogP contribution in [-0.4, -0.2) is 18.7 Å². The van der Waals surface area contributed by atoms with Crippen LogP contribution in [0.1, 0.15) is 23.6 Å². The van der Waals surface area contributed by atoms with E-state index >= 15 is 0 Å². The Morgan fingerprint density at radius 3 is 2.59 bits per heavy atom. The maximum atomic E-state index is 12.1. The SMILES string of the molecule is CCOc1cc(/C=N\NC(=O)Cc2ccccc2)cc(Br)c1OCc1ccc(Cl)cc1Cl. The molecule has 3 rings (SSSR count). The lowest BCUT2D eigenvalue weighted by atomic mass is 10.1. The summed E-state index contributed by atoms with van der Waals surface area (Å²) in [6, 6.07) is 18.3. The lowest BCUT2D eigenvalue weighted by molar-refractivity contribution is -0.120. The first kappa shape index (κ1) is 24.1. The molecule has 166 valence electrons. The molecule has 0 fully saturated rings. The minimum Gasteiger partial charge on any atom is -0.490 e. The van der Waals surface area contributed by atoms with Gasteiger partial charge >= 0.3 is 0 Å². The number of hydrazone groups is 1. The van der Waals surface area contributed by atoms with Crippen LogP contribution in [0.25, 0.3) is 0 Å². The van der Waals surface area contributed by atoms with Gasteiger partial charge in [-0.1, -0.05) is 59.6 Å². The summed E-state index contributed by atoms with van der Waals surface area (Å²) in [5, 5.41) is 5.14. The molecular formula is C24H21BrCl2N2O3. The molecule has 0 bridgehead atoms. The van der Waals surface area contributed by atoms with Crippen LogP contribution in [0, 0.1) is 0 Å². The van der Waals surface area contributed by atoms with Gasteiger partial charge in [0.15, 0.2) is 11.5 Å². The molecule has 3 aromatic carbocycles. The summed E-state index contributed by atoms with van der Waals surface area (Å²) in [6.45, 7) is 2.59. The molecule has 0 saturated heterocycles. The van der Waals surface area contributed by atoms with Crippen molar-refractivity contribution in [3.8, 4) is 11.5 Å². The zero-order chi connectivity index (χ0) is 22.9. The summed E-state index contributed by atoms with van der Waals surface area (Å²) in [4.78, 5) is 12.1. The van der Waals surface area contributed by atoms with Crippen LogP contribution in [0.3, 0.4) is 0 Å². The average Bonchev–Trinajstić information content (AvgIpc) is 2.75. The zero-order valence-electron chi connectivity index (χ0n) is 17.3. The molecule has 5 nitrogen and oxygen atoms in total. The van der Waals surface area contributed by atoms with E-state index in [9.17, 15) is 4.79 Å². The van der Waals surface area contributed by atoms with Crippen LogP contribution >= 0.6 is 39.1 Å². The topological polar surface area (TPSA) is 59.9 Å². The van der Waals surface area contributed by atoms with Crippen LogP contribution in [0.2, 0.25) is 10.0 Å². The molecule has 0 aliphatic heterocycles. The standard InChI is InChI=1S/C24H21BrCl2N2O3/c1-2-31-22-11-17(14-28-29-23(30)12-16-6-4-3-5-7-16)10-20(25)24(22)32-15-18-8-9-19(26)13-21(18)27/h3-11,13-14H,2,12,15H2,1H3,(H,29,30)/b28-14-. The van der Waals surface area contributed by atoms with E-state index in [4.69, 9.17) is 32.7 Å². The Balaban J connectivity index is 1.68. The average molecular weight is 536 g/mol. The summed E-state index contributed by atoms with van der Waals surface area (Å²) in [5.41, 5.74) is 5.00. The number of nitrogens with zero attached hydrogens (tertiary/aromatic N) is 1. The van der Waals surface area contributed by atoms with Crippen molar-refractivity contribution in [1.29, 1.82) is 0 Å². The molecule has 0 aliphatic rings. The summed E-state index contributed by atoms with van der Waals surface area (Å²) in [6.07, 6.45) is 1.81. The van der Waals surface area contributed by atoms with Crippen molar-refractivity contribution in [2.75, 3.05) is 6.61 Å². The van der Waals surface area contributed by atoms with Crippen molar-refractivity contribution in [1.82, 2.24) is 5.43 Å². The molecule has 1 amide bonds. The van der Waals surface area contributed by atoms with Crippen molar-refractivity contribution in [2.24, 2.45) is 5.10 Å². The number of halogens is 3. The lowest BCUT2D eigenvalue weighted by Crippen LogP contribution is -2.19. The third-order valence-corrected chi connectivity index (χ3v) is 5.51. The van der Waals surface area contributed by atoms with Gasteiger partial charge in [-0.15, -0.1) is 0 Å². The molecule has 3 aromatic rings. The zero-order valence-corrected chi connectivity index (χ0v) is 20.4. The fourth-order valence-electron chi connectivity index (χ4n) is 2.85. The Hall–Kier alpha value is -2.54. The summed E-state index contributed by atoms with van der Waals surface area (Å²) < 4.78 is 12.4. The molecule has 0 saturated carbocycles. The Bertz CT molecular complexity index is 1110. The predicted octanol–water partition coefficient (Wildman–Crippen LogP) is 6.43. The van der Waals surface area contributed by atoms with E-state index in [0.717, 1.165) is 16.7 Å². The molecule has 0 heterocycles. The van der Waals surface area contributed by atoms with Gasteiger partial charge in [0.2, 0.25) is 5.91 Å². The highest BCUT2D eigenvalue weighted by Crippen LogP contribution is 2.37. The number of benzene rings is 3. The third-order valence-electron chi connectivity index (χ3n) is 4.33. The van der Waals surface area contributed by atoms with Gasteiger partial charge in [-0.2, -0.15) is 5.10 Å². The second-order valence-electron chi connectivity index (χ2n) is 6.74. The van der Waals surface area contributed by atoms with Gasteiger partial charge in [0, 0.05) is 15.6 Å². The molecule has 0 aliphatic carbocycles. The first-order chi connectivity index (χ1) is 15.5. The predicted molar refractivity (Wildman–Crippen MR) is 132 cm³/mol. The summed E-state index contributed by atoms with van der Waals surface area (Å²) in [7, 11) is 0. The van der Waals surface area contributed by atoms with E-state index < -0.39 is 0 Å². The molecule has 0 unspecified atom stereocenters. The number of carbonyl (C=O) groups excluding carboxylic acids is 1. The highest BCUT2D eigenvalue weighted by Gasteiger charge is 2.13. The second-order valence-corrected chi connectivity index (χ2v) is 8.44. The molecule has 0 aromatic heterocycles. The van der Waals surface area contributed by atoms with Crippen molar-refractivity contribution >= 4 is 51.3 Å². The van der Waals surface area contributed by atoms with E-state index in [1.165, 1.54) is 0 Å². The Morgan fingerprint density at radius 2 is 1.88 bits per heavy atom. The highest BCUT2D eigenvalue weighted by molar-refractivity contribution is 9.10. The maximum absolute atomic E-state index is 12.1. The minimum atomic E-state index is -0.198. The first-order valence-corrected chi connectivity index (χ1v) is 11.4. The fourth-order valence-corrected chi connectivity index (χ4v) is 3.89. The van der Waals surface area contributed by atoms with Crippen molar-refractivity contribution in [2.45, 2.75) is 20.0 Å². The highest BCUT2D eigenvalue weighted by atomic mass is 79.9. The molecule has 0 atom stereocenters. The number of hydrogen-bond donors (Lipinski definition) is 1. The van der Waals surface area contributed by atoms with Crippen molar-refractivity contribution < 1.29 is 14.3 Å². The molecule has 32 heavy (non-hydrogen) atoms. The minimum absolute atomic E-state index is 0.198. The number of hydrogen-bond acceptors (Lipinski definition) is 4. The first-order valence-electron chi connectivity index (χ1n) is 9.85. The number of amides is 1. The Kier molecular flexibility index (Phi) is 8.97. The summed E-state index contributed by atoms with van der Waals surface area (Å²) in [5.74, 6) is 0.892. The number of ether oxygens (including phenoxy) is 2. The van der Waals surface area contributed by atoms with Crippen LogP contribution in [0.5, 0.6) is 11.5 Å². The van der Waals surface area contributed by atoms with Gasteiger partial charge in [0.05, 0.1) is 23.7 Å². The lowest BCUT2D eigenvalue weighted by Gasteiger charge is -2.15. The number of nitrogens with one attached hydrogen (secondary N) is 1. The molecule has 8 heteroatoms. The van der Waals surface area contributed by atoms with Crippen LogP contribution in [0.15, 0.2) is 70.2 Å². The van der Waals surface area contributed by atoms with Crippen LogP contribution in [0.4, 0.5) is 0 Å². The van der Waals surface area contributed by atoms with Gasteiger partial charge < -0.3 is 9.47 Å². The Labute approximate surface area is 205 Å². The van der Waals surface area contributed by atoms with E-state index in [1.54, 1.807) is 24.4 Å². The van der Waals surface area contributed by atoms with Crippen molar-refractivity contribution in [3.63, 3.8) is 0 Å². The normalized spacial score (nSPS) is 10.9. The van der Waals surface area contributed by atoms with E-state index in [2.05, 4.69) is 26.5 Å². The quantitative estimate of drug-likeness (QED) is 0.254. The molecule has 0 spiro atoms. The molecule has 1 N–H and O–H groups in total. The molecule has 0 radical (unpaired) electrons. The third kappa shape index (κ3) is 6.99. The molecular weight excluding hydrogens is 515 g/mol. The van der Waals surface area contributed by atoms with Crippen LogP contribution in [-0.2, 0) is 17.8 Å². The van der Waals surface area contributed by atoms with E-state index in [1.807, 2.05) is 49.4 Å². The smallest absolute Gasteiger partial charge is 0.244 e. The van der Waals surface area contributed by atoms with E-state index in [0.29, 0.717) is 32.6 Å². The van der Waals surface area contributed by atoms with Crippen LogP contribution < -0.4 is 14.9 Å². The van der Waals surface area contributed by atoms with Gasteiger partial charge in [-0.3, -0.25) is 4.79 Å². The second kappa shape index (κ2) is 11.9. The van der Waals surface area contributed by atoms with E-state index in [-0.39, 0.29) is 18.9 Å². The monoisotopic (exact) mass is 534 g/mol. The largest absolute Gasteiger partial charge is 0.490 e. The van der Waals surface area contributed by atoms with Gasteiger partial charge in [0.25, 0.3) is 0 Å². The van der Waals surface area contributed by atoms with Gasteiger partial charge in [-0.05, 0) is 58.2 Å². The summed E-state index contributed by atoms with van der Waals surface area (Å²) >= 11 is 15.7.